The Hall–Kier alpha value is -0.650. The first kappa shape index (κ1) is 10.5. The molecular formula is C11H18N4S. The fourth-order valence-corrected chi connectivity index (χ4v) is 3.38. The summed E-state index contributed by atoms with van der Waals surface area (Å²) in [5, 5.41) is 2.77. The fourth-order valence-electron chi connectivity index (χ4n) is 2.82. The van der Waals surface area contributed by atoms with E-state index in [1.165, 1.54) is 39.0 Å². The average molecular weight is 238 g/mol. The number of rotatable bonds is 2. The molecule has 1 atom stereocenters. The minimum absolute atomic E-state index is 0.689. The zero-order valence-corrected chi connectivity index (χ0v) is 10.2. The third kappa shape index (κ3) is 2.07. The van der Waals surface area contributed by atoms with Crippen molar-refractivity contribution in [1.82, 2.24) is 14.8 Å². The minimum Gasteiger partial charge on any atom is -0.375 e. The summed E-state index contributed by atoms with van der Waals surface area (Å²) in [6, 6.07) is 0.796. The molecule has 5 heteroatoms. The molecule has 2 fully saturated rings. The molecule has 2 aliphatic rings. The van der Waals surface area contributed by atoms with E-state index >= 15 is 0 Å². The van der Waals surface area contributed by atoms with E-state index < -0.39 is 0 Å². The van der Waals surface area contributed by atoms with Crippen molar-refractivity contribution in [3.63, 3.8) is 0 Å². The van der Waals surface area contributed by atoms with Crippen molar-refractivity contribution in [3.05, 3.63) is 11.1 Å². The van der Waals surface area contributed by atoms with Gasteiger partial charge in [-0.1, -0.05) is 0 Å². The number of thiazole rings is 1. The van der Waals surface area contributed by atoms with Crippen LogP contribution in [0.4, 0.5) is 5.13 Å². The summed E-state index contributed by atoms with van der Waals surface area (Å²) in [5.41, 5.74) is 6.78. The van der Waals surface area contributed by atoms with Crippen LogP contribution in [0.3, 0.4) is 0 Å². The van der Waals surface area contributed by atoms with E-state index in [1.54, 1.807) is 11.3 Å². The van der Waals surface area contributed by atoms with Crippen LogP contribution < -0.4 is 5.73 Å². The Bertz CT molecular complexity index is 365. The molecule has 0 amide bonds. The number of aromatic nitrogens is 1. The molecule has 88 valence electrons. The first-order chi connectivity index (χ1) is 7.81. The number of nitrogens with two attached hydrogens (primary N) is 1. The number of nitrogen functional groups attached to an aromatic ring is 1. The van der Waals surface area contributed by atoms with E-state index in [-0.39, 0.29) is 0 Å². The van der Waals surface area contributed by atoms with Crippen LogP contribution in [0.15, 0.2) is 5.38 Å². The van der Waals surface area contributed by atoms with Crippen molar-refractivity contribution in [2.75, 3.05) is 31.9 Å². The molecule has 2 N–H and O–H groups in total. The van der Waals surface area contributed by atoms with Gasteiger partial charge in [-0.05, 0) is 19.4 Å². The van der Waals surface area contributed by atoms with Gasteiger partial charge in [0.25, 0.3) is 0 Å². The van der Waals surface area contributed by atoms with Crippen LogP contribution in [-0.2, 0) is 6.54 Å². The second-order valence-electron chi connectivity index (χ2n) is 4.74. The summed E-state index contributed by atoms with van der Waals surface area (Å²) in [7, 11) is 0. The number of anilines is 1. The van der Waals surface area contributed by atoms with Crippen molar-refractivity contribution < 1.29 is 0 Å². The van der Waals surface area contributed by atoms with Gasteiger partial charge >= 0.3 is 0 Å². The molecule has 3 rings (SSSR count). The SMILES string of the molecule is Nc1nc(CN2CCN3CCCC3C2)cs1. The van der Waals surface area contributed by atoms with E-state index in [0.717, 1.165) is 18.3 Å². The smallest absolute Gasteiger partial charge is 0.180 e. The van der Waals surface area contributed by atoms with Crippen molar-refractivity contribution in [3.8, 4) is 0 Å². The molecule has 16 heavy (non-hydrogen) atoms. The zero-order valence-electron chi connectivity index (χ0n) is 9.43. The highest BCUT2D eigenvalue weighted by Gasteiger charge is 2.30. The molecule has 1 aromatic rings. The van der Waals surface area contributed by atoms with E-state index in [4.69, 9.17) is 5.73 Å². The molecule has 0 radical (unpaired) electrons. The normalized spacial score (nSPS) is 27.1. The highest BCUT2D eigenvalue weighted by molar-refractivity contribution is 7.13. The van der Waals surface area contributed by atoms with Gasteiger partial charge in [0, 0.05) is 37.6 Å². The predicted molar refractivity (Wildman–Crippen MR) is 66.4 cm³/mol. The van der Waals surface area contributed by atoms with Crippen LogP contribution in [0, 0.1) is 0 Å². The molecule has 2 aliphatic heterocycles. The molecule has 1 unspecified atom stereocenters. The minimum atomic E-state index is 0.689. The van der Waals surface area contributed by atoms with Gasteiger partial charge < -0.3 is 5.73 Å². The van der Waals surface area contributed by atoms with Crippen molar-refractivity contribution in [1.29, 1.82) is 0 Å². The second-order valence-corrected chi connectivity index (χ2v) is 5.63. The average Bonchev–Trinajstić information content (AvgIpc) is 2.87. The summed E-state index contributed by atoms with van der Waals surface area (Å²) in [6.07, 6.45) is 2.75. The lowest BCUT2D eigenvalue weighted by molar-refractivity contribution is 0.0986. The van der Waals surface area contributed by atoms with Gasteiger partial charge in [-0.2, -0.15) is 0 Å². The molecule has 3 heterocycles. The highest BCUT2D eigenvalue weighted by atomic mass is 32.1. The lowest BCUT2D eigenvalue weighted by Gasteiger charge is -2.37. The second kappa shape index (κ2) is 4.31. The van der Waals surface area contributed by atoms with Gasteiger partial charge in [0.15, 0.2) is 5.13 Å². The Morgan fingerprint density at radius 1 is 1.44 bits per heavy atom. The Morgan fingerprint density at radius 2 is 2.38 bits per heavy atom. The van der Waals surface area contributed by atoms with Crippen LogP contribution in [0.1, 0.15) is 18.5 Å². The predicted octanol–water partition coefficient (Wildman–Crippen LogP) is 1.01. The fraction of sp³-hybridized carbons (Fsp3) is 0.727. The van der Waals surface area contributed by atoms with E-state index in [0.29, 0.717) is 5.13 Å². The van der Waals surface area contributed by atoms with E-state index in [2.05, 4.69) is 20.2 Å². The maximum absolute atomic E-state index is 5.65. The Labute approximate surface area is 100 Å². The van der Waals surface area contributed by atoms with Gasteiger partial charge in [0.2, 0.25) is 0 Å². The Kier molecular flexibility index (Phi) is 2.83. The van der Waals surface area contributed by atoms with Gasteiger partial charge in [-0.25, -0.2) is 4.98 Å². The summed E-state index contributed by atoms with van der Waals surface area (Å²) < 4.78 is 0. The lowest BCUT2D eigenvalue weighted by atomic mass is 10.1. The summed E-state index contributed by atoms with van der Waals surface area (Å²) in [5.74, 6) is 0. The van der Waals surface area contributed by atoms with Gasteiger partial charge in [0.1, 0.15) is 0 Å². The van der Waals surface area contributed by atoms with Crippen LogP contribution >= 0.6 is 11.3 Å². The first-order valence-corrected chi connectivity index (χ1v) is 6.85. The zero-order chi connectivity index (χ0) is 11.0. The summed E-state index contributed by atoms with van der Waals surface area (Å²) in [6.45, 7) is 5.88. The largest absolute Gasteiger partial charge is 0.375 e. The van der Waals surface area contributed by atoms with Gasteiger partial charge in [-0.3, -0.25) is 9.80 Å². The van der Waals surface area contributed by atoms with Crippen LogP contribution in [0.25, 0.3) is 0 Å². The maximum Gasteiger partial charge on any atom is 0.180 e. The molecule has 0 bridgehead atoms. The van der Waals surface area contributed by atoms with Gasteiger partial charge in [-0.15, -0.1) is 11.3 Å². The third-order valence-electron chi connectivity index (χ3n) is 3.63. The van der Waals surface area contributed by atoms with Crippen molar-refractivity contribution in [2.45, 2.75) is 25.4 Å². The molecule has 0 spiro atoms. The quantitative estimate of drug-likeness (QED) is 0.835. The number of fused-ring (bicyclic) bond motifs is 1. The number of hydrogen-bond acceptors (Lipinski definition) is 5. The number of piperazine rings is 1. The van der Waals surface area contributed by atoms with Crippen molar-refractivity contribution >= 4 is 16.5 Å². The maximum atomic E-state index is 5.65. The monoisotopic (exact) mass is 238 g/mol. The molecule has 2 saturated heterocycles. The number of nitrogens with zero attached hydrogens (tertiary/aromatic N) is 3. The Balaban J connectivity index is 1.60. The first-order valence-electron chi connectivity index (χ1n) is 5.97. The molecular weight excluding hydrogens is 220 g/mol. The van der Waals surface area contributed by atoms with Crippen LogP contribution in [-0.4, -0.2) is 47.0 Å². The van der Waals surface area contributed by atoms with Crippen LogP contribution in [0.2, 0.25) is 0 Å². The van der Waals surface area contributed by atoms with Crippen molar-refractivity contribution in [2.24, 2.45) is 0 Å². The molecule has 1 aromatic heterocycles. The summed E-state index contributed by atoms with van der Waals surface area (Å²) >= 11 is 1.54. The topological polar surface area (TPSA) is 45.4 Å². The van der Waals surface area contributed by atoms with E-state index in [1.807, 2.05) is 0 Å². The molecule has 0 aliphatic carbocycles. The molecule has 0 saturated carbocycles. The summed E-state index contributed by atoms with van der Waals surface area (Å²) in [4.78, 5) is 9.48. The van der Waals surface area contributed by atoms with Crippen LogP contribution in [0.5, 0.6) is 0 Å². The molecule has 4 nitrogen and oxygen atoms in total. The third-order valence-corrected chi connectivity index (χ3v) is 4.35. The molecule has 0 aromatic carbocycles. The van der Waals surface area contributed by atoms with Gasteiger partial charge in [0.05, 0.1) is 5.69 Å². The Morgan fingerprint density at radius 3 is 3.19 bits per heavy atom. The van der Waals surface area contributed by atoms with E-state index in [9.17, 15) is 0 Å². The number of hydrogen-bond donors (Lipinski definition) is 1. The lowest BCUT2D eigenvalue weighted by Crippen LogP contribution is -2.49. The highest BCUT2D eigenvalue weighted by Crippen LogP contribution is 2.22. The standard InChI is InChI=1S/C11H18N4S/c12-11-13-9(8-16-11)6-14-4-5-15-3-1-2-10(15)7-14/h8,10H,1-7H2,(H2,12,13).